The van der Waals surface area contributed by atoms with Crippen molar-refractivity contribution in [2.45, 2.75) is 6.61 Å². The number of nitrogen functional groups attached to an aromatic ring is 2. The summed E-state index contributed by atoms with van der Waals surface area (Å²) >= 11 is 0. The first-order valence-electron chi connectivity index (χ1n) is 6.35. The van der Waals surface area contributed by atoms with E-state index in [0.717, 1.165) is 22.3 Å². The van der Waals surface area contributed by atoms with Gasteiger partial charge in [-0.05, 0) is 36.4 Å². The number of nitrogens with two attached hydrogens (primary N) is 2. The molecule has 0 fully saturated rings. The lowest BCUT2D eigenvalue weighted by molar-refractivity contribution is 0.302. The molecule has 0 spiro atoms. The number of aromatic nitrogens is 1. The van der Waals surface area contributed by atoms with Crippen LogP contribution in [0.4, 0.5) is 11.4 Å². The second-order valence-electron chi connectivity index (χ2n) is 4.58. The minimum atomic E-state index is 0.383. The molecular formula is C16H15N3O. The first-order valence-corrected chi connectivity index (χ1v) is 6.35. The quantitative estimate of drug-likeness (QED) is 0.714. The molecule has 0 amide bonds. The Labute approximate surface area is 117 Å². The number of fused-ring (bicyclic) bond motifs is 1. The van der Waals surface area contributed by atoms with Crippen LogP contribution in [0.15, 0.2) is 54.6 Å². The number of anilines is 2. The van der Waals surface area contributed by atoms with E-state index < -0.39 is 0 Å². The molecule has 0 atom stereocenters. The van der Waals surface area contributed by atoms with Gasteiger partial charge in [0.2, 0.25) is 0 Å². The van der Waals surface area contributed by atoms with Gasteiger partial charge in [-0.3, -0.25) is 0 Å². The van der Waals surface area contributed by atoms with Gasteiger partial charge in [0.1, 0.15) is 12.4 Å². The fourth-order valence-electron chi connectivity index (χ4n) is 2.07. The molecule has 0 saturated heterocycles. The monoisotopic (exact) mass is 265 g/mol. The Morgan fingerprint density at radius 2 is 1.75 bits per heavy atom. The maximum Gasteiger partial charge on any atom is 0.130 e. The lowest BCUT2D eigenvalue weighted by Crippen LogP contribution is -2.01. The van der Waals surface area contributed by atoms with E-state index in [9.17, 15) is 0 Å². The second-order valence-corrected chi connectivity index (χ2v) is 4.58. The van der Waals surface area contributed by atoms with Crippen LogP contribution in [0.5, 0.6) is 5.75 Å². The summed E-state index contributed by atoms with van der Waals surface area (Å²) in [5.41, 5.74) is 14.8. The van der Waals surface area contributed by atoms with Crippen molar-refractivity contribution in [3.05, 3.63) is 60.3 Å². The first-order chi connectivity index (χ1) is 9.72. The Morgan fingerprint density at radius 1 is 0.950 bits per heavy atom. The molecule has 3 rings (SSSR count). The molecule has 4 N–H and O–H groups in total. The van der Waals surface area contributed by atoms with Crippen molar-refractivity contribution < 1.29 is 4.74 Å². The van der Waals surface area contributed by atoms with Gasteiger partial charge in [-0.1, -0.05) is 18.2 Å². The number of nitrogens with zero attached hydrogens (tertiary/aromatic N) is 1. The van der Waals surface area contributed by atoms with Gasteiger partial charge < -0.3 is 16.2 Å². The highest BCUT2D eigenvalue weighted by Gasteiger charge is 2.05. The van der Waals surface area contributed by atoms with Crippen LogP contribution in [0, 0.1) is 0 Å². The van der Waals surface area contributed by atoms with Crippen molar-refractivity contribution in [3.63, 3.8) is 0 Å². The molecular weight excluding hydrogens is 250 g/mol. The third kappa shape index (κ3) is 2.49. The smallest absolute Gasteiger partial charge is 0.130 e. The molecule has 0 aliphatic carbocycles. The Morgan fingerprint density at radius 3 is 2.55 bits per heavy atom. The Bertz CT molecular complexity index is 741. The Kier molecular flexibility index (Phi) is 3.13. The molecule has 0 aliphatic rings. The van der Waals surface area contributed by atoms with Crippen LogP contribution in [-0.2, 0) is 6.61 Å². The average Bonchev–Trinajstić information content (AvgIpc) is 2.47. The summed E-state index contributed by atoms with van der Waals surface area (Å²) in [5, 5.41) is 0.869. The molecule has 20 heavy (non-hydrogen) atoms. The third-order valence-corrected chi connectivity index (χ3v) is 3.05. The summed E-state index contributed by atoms with van der Waals surface area (Å²) < 4.78 is 5.68. The third-order valence-electron chi connectivity index (χ3n) is 3.05. The Balaban J connectivity index is 1.87. The van der Waals surface area contributed by atoms with Crippen LogP contribution in [-0.4, -0.2) is 4.98 Å². The summed E-state index contributed by atoms with van der Waals surface area (Å²) in [5.74, 6) is 0.810. The lowest BCUT2D eigenvalue weighted by Gasteiger charge is -2.09. The average molecular weight is 265 g/mol. The Hall–Kier alpha value is -2.75. The van der Waals surface area contributed by atoms with Crippen LogP contribution in [0.3, 0.4) is 0 Å². The molecule has 3 aromatic rings. The molecule has 1 aromatic heterocycles. The highest BCUT2D eigenvalue weighted by atomic mass is 16.5. The van der Waals surface area contributed by atoms with Crippen LogP contribution >= 0.6 is 0 Å². The molecule has 0 bridgehead atoms. The van der Waals surface area contributed by atoms with Gasteiger partial charge in [0.15, 0.2) is 0 Å². The number of benzene rings is 2. The molecule has 1 heterocycles. The predicted molar refractivity (Wildman–Crippen MR) is 81.3 cm³/mol. The summed E-state index contributed by atoms with van der Waals surface area (Å²) in [4.78, 5) is 4.53. The summed E-state index contributed by atoms with van der Waals surface area (Å²) in [6.45, 7) is 0.383. The molecule has 0 aliphatic heterocycles. The SMILES string of the molecule is Nc1ccc2nc(COc3ccccc3)cc(N)c2c1. The van der Waals surface area contributed by atoms with Crippen LogP contribution in [0.1, 0.15) is 5.69 Å². The summed E-state index contributed by atoms with van der Waals surface area (Å²) in [7, 11) is 0. The largest absolute Gasteiger partial charge is 0.487 e. The summed E-state index contributed by atoms with van der Waals surface area (Å²) in [6.07, 6.45) is 0. The van der Waals surface area contributed by atoms with E-state index in [1.807, 2.05) is 54.6 Å². The first kappa shape index (κ1) is 12.3. The van der Waals surface area contributed by atoms with E-state index in [0.29, 0.717) is 18.0 Å². The number of ether oxygens (including phenoxy) is 1. The minimum Gasteiger partial charge on any atom is -0.487 e. The topological polar surface area (TPSA) is 74.2 Å². The predicted octanol–water partition coefficient (Wildman–Crippen LogP) is 2.98. The molecule has 0 saturated carbocycles. The van der Waals surface area contributed by atoms with Crippen molar-refractivity contribution in [2.24, 2.45) is 0 Å². The minimum absolute atomic E-state index is 0.383. The maximum absolute atomic E-state index is 6.04. The van der Waals surface area contributed by atoms with Gasteiger partial charge in [0, 0.05) is 16.8 Å². The van der Waals surface area contributed by atoms with Gasteiger partial charge >= 0.3 is 0 Å². The second kappa shape index (κ2) is 5.09. The van der Waals surface area contributed by atoms with Crippen molar-refractivity contribution >= 4 is 22.3 Å². The van der Waals surface area contributed by atoms with Crippen molar-refractivity contribution in [3.8, 4) is 5.75 Å². The lowest BCUT2D eigenvalue weighted by atomic mass is 10.1. The van der Waals surface area contributed by atoms with Gasteiger partial charge in [-0.25, -0.2) is 4.98 Å². The fraction of sp³-hybridized carbons (Fsp3) is 0.0625. The van der Waals surface area contributed by atoms with E-state index in [2.05, 4.69) is 4.98 Å². The molecule has 100 valence electrons. The van der Waals surface area contributed by atoms with E-state index in [4.69, 9.17) is 16.2 Å². The van der Waals surface area contributed by atoms with E-state index in [1.54, 1.807) is 0 Å². The zero-order valence-electron chi connectivity index (χ0n) is 10.9. The standard InChI is InChI=1S/C16H15N3O/c17-11-6-7-16-14(8-11)15(18)9-12(19-16)10-20-13-4-2-1-3-5-13/h1-9H,10,17H2,(H2,18,19). The fourth-order valence-corrected chi connectivity index (χ4v) is 2.07. The van der Waals surface area contributed by atoms with Gasteiger partial charge in [0.05, 0.1) is 11.2 Å². The van der Waals surface area contributed by atoms with Gasteiger partial charge in [-0.2, -0.15) is 0 Å². The number of hydrogen-bond acceptors (Lipinski definition) is 4. The normalized spacial score (nSPS) is 10.6. The molecule has 2 aromatic carbocycles. The van der Waals surface area contributed by atoms with Gasteiger partial charge in [0.25, 0.3) is 0 Å². The molecule has 4 heteroatoms. The number of rotatable bonds is 3. The van der Waals surface area contributed by atoms with E-state index in [1.165, 1.54) is 0 Å². The molecule has 0 unspecified atom stereocenters. The molecule has 0 radical (unpaired) electrons. The maximum atomic E-state index is 6.04. The van der Waals surface area contributed by atoms with Crippen LogP contribution < -0.4 is 16.2 Å². The number of pyridine rings is 1. The van der Waals surface area contributed by atoms with E-state index in [-0.39, 0.29) is 0 Å². The highest BCUT2D eigenvalue weighted by molar-refractivity contribution is 5.92. The number of hydrogen-bond donors (Lipinski definition) is 2. The zero-order chi connectivity index (χ0) is 13.9. The van der Waals surface area contributed by atoms with Gasteiger partial charge in [-0.15, -0.1) is 0 Å². The molecule has 4 nitrogen and oxygen atoms in total. The van der Waals surface area contributed by atoms with Crippen LogP contribution in [0.2, 0.25) is 0 Å². The van der Waals surface area contributed by atoms with Crippen molar-refractivity contribution in [2.75, 3.05) is 11.5 Å². The highest BCUT2D eigenvalue weighted by Crippen LogP contribution is 2.23. The zero-order valence-corrected chi connectivity index (χ0v) is 10.9. The summed E-state index contributed by atoms with van der Waals surface area (Å²) in [6, 6.07) is 17.0. The van der Waals surface area contributed by atoms with Crippen molar-refractivity contribution in [1.82, 2.24) is 4.98 Å². The van der Waals surface area contributed by atoms with E-state index >= 15 is 0 Å². The number of para-hydroxylation sites is 1. The van der Waals surface area contributed by atoms with Crippen molar-refractivity contribution in [1.29, 1.82) is 0 Å². The van der Waals surface area contributed by atoms with Crippen LogP contribution in [0.25, 0.3) is 10.9 Å².